The van der Waals surface area contributed by atoms with Gasteiger partial charge in [-0.2, -0.15) is 0 Å². The Balaban J connectivity index is 3.01. The van der Waals surface area contributed by atoms with Gasteiger partial charge in [-0.05, 0) is 13.3 Å². The second-order valence-electron chi connectivity index (χ2n) is 3.60. The minimum Gasteiger partial charge on any atom is -0.468 e. The van der Waals surface area contributed by atoms with Gasteiger partial charge in [-0.25, -0.2) is 0 Å². The van der Waals surface area contributed by atoms with Crippen LogP contribution < -0.4 is 0 Å². The highest BCUT2D eigenvalue weighted by Crippen LogP contribution is 2.31. The van der Waals surface area contributed by atoms with Crippen molar-refractivity contribution in [1.29, 1.82) is 0 Å². The van der Waals surface area contributed by atoms with Gasteiger partial charge in [-0.1, -0.05) is 19.1 Å². The molecule has 3 nitrogen and oxygen atoms in total. The number of hydrogen-bond donors (Lipinski definition) is 0. The molecule has 0 aromatic heterocycles. The zero-order chi connectivity index (χ0) is 10.1. The van der Waals surface area contributed by atoms with Crippen molar-refractivity contribution in [2.45, 2.75) is 20.3 Å². The third kappa shape index (κ3) is 1.50. The quantitative estimate of drug-likeness (QED) is 0.349. The van der Waals surface area contributed by atoms with Crippen LogP contribution in [0.1, 0.15) is 20.3 Å². The van der Waals surface area contributed by atoms with E-state index >= 15 is 0 Å². The van der Waals surface area contributed by atoms with Crippen LogP contribution in [0, 0.1) is 11.3 Å². The third-order valence-electron chi connectivity index (χ3n) is 2.51. The van der Waals surface area contributed by atoms with E-state index in [9.17, 15) is 9.59 Å². The normalized spacial score (nSPS) is 33.2. The van der Waals surface area contributed by atoms with Crippen molar-refractivity contribution < 1.29 is 14.3 Å². The maximum atomic E-state index is 11.7. The van der Waals surface area contributed by atoms with Crippen LogP contribution in [0.15, 0.2) is 12.2 Å². The number of allylic oxidation sites excluding steroid dienone is 1. The number of carbonyl (C=O) groups excluding carboxylic acids is 2. The van der Waals surface area contributed by atoms with Gasteiger partial charge < -0.3 is 4.74 Å². The Bertz CT molecular complexity index is 267. The molecule has 0 aromatic carbocycles. The second-order valence-corrected chi connectivity index (χ2v) is 3.60. The van der Waals surface area contributed by atoms with E-state index < -0.39 is 11.4 Å². The van der Waals surface area contributed by atoms with Crippen molar-refractivity contribution in [3.05, 3.63) is 12.2 Å². The van der Waals surface area contributed by atoms with Crippen LogP contribution in [0.2, 0.25) is 0 Å². The Morgan fingerprint density at radius 1 is 1.69 bits per heavy atom. The molecule has 13 heavy (non-hydrogen) atoms. The van der Waals surface area contributed by atoms with Gasteiger partial charge in [0.25, 0.3) is 0 Å². The summed E-state index contributed by atoms with van der Waals surface area (Å²) in [4.78, 5) is 23.0. The zero-order valence-corrected chi connectivity index (χ0v) is 8.16. The maximum absolute atomic E-state index is 11.7. The maximum Gasteiger partial charge on any atom is 0.322 e. The van der Waals surface area contributed by atoms with Crippen LogP contribution in [-0.2, 0) is 14.3 Å². The molecule has 0 amide bonds. The third-order valence-corrected chi connectivity index (χ3v) is 2.51. The highest BCUT2D eigenvalue weighted by Gasteiger charge is 2.43. The number of methoxy groups -OCH3 is 1. The lowest BCUT2D eigenvalue weighted by Crippen LogP contribution is -2.40. The molecule has 1 rings (SSSR count). The van der Waals surface area contributed by atoms with Crippen molar-refractivity contribution in [3.8, 4) is 0 Å². The Morgan fingerprint density at radius 2 is 2.31 bits per heavy atom. The Kier molecular flexibility index (Phi) is 2.55. The van der Waals surface area contributed by atoms with E-state index in [-0.39, 0.29) is 11.7 Å². The monoisotopic (exact) mass is 182 g/mol. The van der Waals surface area contributed by atoms with Crippen LogP contribution in [0.25, 0.3) is 0 Å². The molecule has 3 heteroatoms. The van der Waals surface area contributed by atoms with Gasteiger partial charge in [-0.3, -0.25) is 9.59 Å². The van der Waals surface area contributed by atoms with Crippen molar-refractivity contribution in [2.24, 2.45) is 11.3 Å². The van der Waals surface area contributed by atoms with Gasteiger partial charge in [0.2, 0.25) is 0 Å². The van der Waals surface area contributed by atoms with Crippen LogP contribution >= 0.6 is 0 Å². The molecular formula is C10H14O3. The number of Topliss-reactive ketones (excluding diaryl/α,β-unsaturated/α-hetero) is 1. The van der Waals surface area contributed by atoms with E-state index in [1.807, 2.05) is 13.0 Å². The first-order valence-corrected chi connectivity index (χ1v) is 4.33. The number of esters is 1. The van der Waals surface area contributed by atoms with Crippen molar-refractivity contribution in [1.82, 2.24) is 0 Å². The highest BCUT2D eigenvalue weighted by molar-refractivity contribution is 6.07. The van der Waals surface area contributed by atoms with E-state index in [0.717, 1.165) is 0 Å². The van der Waals surface area contributed by atoms with Crippen molar-refractivity contribution in [3.63, 3.8) is 0 Å². The lowest BCUT2D eigenvalue weighted by atomic mass is 9.75. The molecule has 0 aliphatic heterocycles. The summed E-state index contributed by atoms with van der Waals surface area (Å²) < 4.78 is 4.60. The lowest BCUT2D eigenvalue weighted by Gasteiger charge is -2.27. The minimum absolute atomic E-state index is 0.0538. The molecule has 0 N–H and O–H groups in total. The van der Waals surface area contributed by atoms with Crippen LogP contribution in [-0.4, -0.2) is 18.9 Å². The summed E-state index contributed by atoms with van der Waals surface area (Å²) >= 11 is 0. The predicted molar refractivity (Wildman–Crippen MR) is 48.1 cm³/mol. The molecule has 0 heterocycles. The fourth-order valence-electron chi connectivity index (χ4n) is 1.59. The number of hydrogen-bond acceptors (Lipinski definition) is 3. The van der Waals surface area contributed by atoms with E-state index in [4.69, 9.17) is 0 Å². The van der Waals surface area contributed by atoms with Crippen LogP contribution in [0.5, 0.6) is 0 Å². The highest BCUT2D eigenvalue weighted by atomic mass is 16.5. The molecule has 0 fully saturated rings. The fraction of sp³-hybridized carbons (Fsp3) is 0.600. The molecule has 2 atom stereocenters. The first-order chi connectivity index (χ1) is 6.02. The van der Waals surface area contributed by atoms with Gasteiger partial charge in [0.05, 0.1) is 7.11 Å². The Labute approximate surface area is 77.8 Å². The first kappa shape index (κ1) is 9.96. The summed E-state index contributed by atoms with van der Waals surface area (Å²) in [6.07, 6.45) is 4.22. The Hall–Kier alpha value is -1.12. The van der Waals surface area contributed by atoms with Crippen molar-refractivity contribution >= 4 is 11.8 Å². The second kappa shape index (κ2) is 3.32. The summed E-state index contributed by atoms with van der Waals surface area (Å²) in [6, 6.07) is 0. The lowest BCUT2D eigenvalue weighted by molar-refractivity contribution is -0.155. The summed E-state index contributed by atoms with van der Waals surface area (Å²) in [5.74, 6) is -0.615. The fourth-order valence-corrected chi connectivity index (χ4v) is 1.59. The number of ketones is 1. The molecule has 1 aliphatic carbocycles. The molecule has 1 aliphatic rings. The zero-order valence-electron chi connectivity index (χ0n) is 8.16. The first-order valence-electron chi connectivity index (χ1n) is 4.33. The molecule has 72 valence electrons. The van der Waals surface area contributed by atoms with E-state index in [2.05, 4.69) is 4.74 Å². The SMILES string of the molecule is COC(=O)[C@@]1(C)C=CC[C@@H](C)C1=O. The van der Waals surface area contributed by atoms with E-state index in [1.54, 1.807) is 13.0 Å². The largest absolute Gasteiger partial charge is 0.468 e. The molecule has 0 bridgehead atoms. The summed E-state index contributed by atoms with van der Waals surface area (Å²) in [5, 5.41) is 0. The molecule has 0 aromatic rings. The molecule has 0 radical (unpaired) electrons. The summed E-state index contributed by atoms with van der Waals surface area (Å²) in [7, 11) is 1.30. The minimum atomic E-state index is -1.06. The molecular weight excluding hydrogens is 168 g/mol. The smallest absolute Gasteiger partial charge is 0.322 e. The van der Waals surface area contributed by atoms with Gasteiger partial charge in [-0.15, -0.1) is 0 Å². The number of rotatable bonds is 1. The van der Waals surface area contributed by atoms with Crippen LogP contribution in [0.4, 0.5) is 0 Å². The van der Waals surface area contributed by atoms with Crippen LogP contribution in [0.3, 0.4) is 0 Å². The van der Waals surface area contributed by atoms with E-state index in [1.165, 1.54) is 7.11 Å². The molecule has 0 saturated carbocycles. The average molecular weight is 182 g/mol. The molecule has 0 unspecified atom stereocenters. The average Bonchev–Trinajstić information content (AvgIpc) is 2.13. The Morgan fingerprint density at radius 3 is 2.85 bits per heavy atom. The number of ether oxygens (including phenoxy) is 1. The molecule has 0 saturated heterocycles. The van der Waals surface area contributed by atoms with E-state index in [0.29, 0.717) is 6.42 Å². The van der Waals surface area contributed by atoms with Crippen molar-refractivity contribution in [2.75, 3.05) is 7.11 Å². The van der Waals surface area contributed by atoms with Gasteiger partial charge in [0, 0.05) is 5.92 Å². The topological polar surface area (TPSA) is 43.4 Å². The standard InChI is InChI=1S/C10H14O3/c1-7-5-4-6-10(2,8(7)11)9(12)13-3/h4,6-7H,5H2,1-3H3/t7-,10+/m1/s1. The summed E-state index contributed by atoms with van der Waals surface area (Å²) in [5.41, 5.74) is -1.06. The number of carbonyl (C=O) groups is 2. The molecule has 0 spiro atoms. The van der Waals surface area contributed by atoms with Gasteiger partial charge in [0.1, 0.15) is 5.41 Å². The predicted octanol–water partition coefficient (Wildman–Crippen LogP) is 1.33. The summed E-state index contributed by atoms with van der Waals surface area (Å²) in [6.45, 7) is 3.43. The van der Waals surface area contributed by atoms with Gasteiger partial charge >= 0.3 is 5.97 Å². The van der Waals surface area contributed by atoms with Gasteiger partial charge in [0.15, 0.2) is 5.78 Å².